The summed E-state index contributed by atoms with van der Waals surface area (Å²) in [6.07, 6.45) is 1.78. The van der Waals surface area contributed by atoms with E-state index in [1.807, 2.05) is 62.4 Å². The van der Waals surface area contributed by atoms with Crippen molar-refractivity contribution in [2.45, 2.75) is 20.4 Å². The number of benzene rings is 2. The first kappa shape index (κ1) is 18.0. The van der Waals surface area contributed by atoms with E-state index < -0.39 is 0 Å². The van der Waals surface area contributed by atoms with E-state index in [9.17, 15) is 4.79 Å². The molecule has 3 aromatic rings. The molecule has 2 amide bonds. The van der Waals surface area contributed by atoms with E-state index in [1.54, 1.807) is 11.1 Å². The van der Waals surface area contributed by atoms with Gasteiger partial charge in [0.2, 0.25) is 0 Å². The summed E-state index contributed by atoms with van der Waals surface area (Å²) in [5.41, 5.74) is 5.09. The van der Waals surface area contributed by atoms with E-state index >= 15 is 0 Å². The highest BCUT2D eigenvalue weighted by Gasteiger charge is 2.28. The molecule has 2 aromatic carbocycles. The summed E-state index contributed by atoms with van der Waals surface area (Å²) < 4.78 is 0. The lowest BCUT2D eigenvalue weighted by Crippen LogP contribution is -2.46. The van der Waals surface area contributed by atoms with Gasteiger partial charge in [0, 0.05) is 31.5 Å². The Hall–Kier alpha value is -3.34. The van der Waals surface area contributed by atoms with Crippen LogP contribution < -0.4 is 15.1 Å². The fraction of sp³-hybridized carbons (Fsp3) is 0.217. The second-order valence-electron chi connectivity index (χ2n) is 7.15. The van der Waals surface area contributed by atoms with Crippen LogP contribution in [0.5, 0.6) is 0 Å². The van der Waals surface area contributed by atoms with Crippen molar-refractivity contribution in [1.29, 1.82) is 0 Å². The molecular weight excluding hydrogens is 348 g/mol. The van der Waals surface area contributed by atoms with Crippen molar-refractivity contribution < 1.29 is 4.79 Å². The van der Waals surface area contributed by atoms with Crippen molar-refractivity contribution in [2.24, 2.45) is 0 Å². The molecule has 0 fully saturated rings. The van der Waals surface area contributed by atoms with E-state index in [-0.39, 0.29) is 6.03 Å². The summed E-state index contributed by atoms with van der Waals surface area (Å²) in [7, 11) is 0. The number of urea groups is 1. The number of hydrogen-bond acceptors (Lipinski definition) is 3. The number of rotatable bonds is 3. The summed E-state index contributed by atoms with van der Waals surface area (Å²) >= 11 is 0. The van der Waals surface area contributed by atoms with Crippen molar-refractivity contribution in [1.82, 2.24) is 4.98 Å². The van der Waals surface area contributed by atoms with Gasteiger partial charge in [0.05, 0.1) is 5.69 Å². The Morgan fingerprint density at radius 2 is 1.86 bits per heavy atom. The van der Waals surface area contributed by atoms with Gasteiger partial charge in [-0.3, -0.25) is 4.90 Å². The first-order valence-electron chi connectivity index (χ1n) is 9.51. The Morgan fingerprint density at radius 3 is 2.68 bits per heavy atom. The van der Waals surface area contributed by atoms with E-state index in [0.29, 0.717) is 6.54 Å². The van der Waals surface area contributed by atoms with Gasteiger partial charge in [-0.15, -0.1) is 0 Å². The third-order valence-corrected chi connectivity index (χ3v) is 5.05. The van der Waals surface area contributed by atoms with E-state index in [1.165, 1.54) is 5.56 Å². The lowest BCUT2D eigenvalue weighted by Gasteiger charge is -2.36. The van der Waals surface area contributed by atoms with Crippen molar-refractivity contribution in [3.05, 3.63) is 83.6 Å². The third kappa shape index (κ3) is 3.69. The van der Waals surface area contributed by atoms with Gasteiger partial charge in [-0.25, -0.2) is 9.78 Å². The molecule has 0 saturated carbocycles. The lowest BCUT2D eigenvalue weighted by atomic mass is 10.1. The number of carbonyl (C=O) groups is 1. The minimum atomic E-state index is -0.123. The molecule has 1 aliphatic rings. The van der Waals surface area contributed by atoms with E-state index in [0.717, 1.165) is 41.4 Å². The molecule has 1 N–H and O–H groups in total. The number of nitrogens with one attached hydrogen (secondary N) is 1. The van der Waals surface area contributed by atoms with Crippen LogP contribution in [-0.2, 0) is 6.54 Å². The number of amides is 2. The molecule has 1 aliphatic heterocycles. The molecule has 0 spiro atoms. The van der Waals surface area contributed by atoms with Gasteiger partial charge in [-0.05, 0) is 48.7 Å². The number of nitrogens with zero attached hydrogens (tertiary/aromatic N) is 3. The van der Waals surface area contributed by atoms with Gasteiger partial charge in [0.15, 0.2) is 5.82 Å². The number of hydrogen-bond donors (Lipinski definition) is 1. The lowest BCUT2D eigenvalue weighted by molar-refractivity contribution is 0.256. The number of aromatic nitrogens is 1. The zero-order valence-electron chi connectivity index (χ0n) is 16.2. The van der Waals surface area contributed by atoms with Gasteiger partial charge in [-0.2, -0.15) is 0 Å². The van der Waals surface area contributed by atoms with Crippen molar-refractivity contribution >= 4 is 23.2 Å². The number of aryl methyl sites for hydroxylation is 2. The maximum Gasteiger partial charge on any atom is 0.326 e. The SMILES string of the molecule is Cc1ccc(C)c(NC(=O)N2CCN(Cc3ccccc3)c3ncccc32)c1. The monoisotopic (exact) mass is 372 g/mol. The Morgan fingerprint density at radius 1 is 1.04 bits per heavy atom. The van der Waals surface area contributed by atoms with E-state index in [2.05, 4.69) is 27.3 Å². The number of carbonyl (C=O) groups excluding carboxylic acids is 1. The highest BCUT2D eigenvalue weighted by atomic mass is 16.2. The van der Waals surface area contributed by atoms with Crippen molar-refractivity contribution in [2.75, 3.05) is 28.2 Å². The molecule has 0 unspecified atom stereocenters. The van der Waals surface area contributed by atoms with Crippen LogP contribution in [0.3, 0.4) is 0 Å². The molecule has 4 rings (SSSR count). The maximum atomic E-state index is 13.0. The van der Waals surface area contributed by atoms with Gasteiger partial charge in [-0.1, -0.05) is 42.5 Å². The van der Waals surface area contributed by atoms with Crippen LogP contribution in [-0.4, -0.2) is 24.1 Å². The Bertz CT molecular complexity index is 987. The Balaban J connectivity index is 1.57. The van der Waals surface area contributed by atoms with Gasteiger partial charge >= 0.3 is 6.03 Å². The second-order valence-corrected chi connectivity index (χ2v) is 7.15. The molecule has 28 heavy (non-hydrogen) atoms. The topological polar surface area (TPSA) is 48.5 Å². The quantitative estimate of drug-likeness (QED) is 0.721. The third-order valence-electron chi connectivity index (χ3n) is 5.05. The van der Waals surface area contributed by atoms with Crippen LogP contribution in [0.15, 0.2) is 66.9 Å². The number of anilines is 3. The number of pyridine rings is 1. The molecule has 5 nitrogen and oxygen atoms in total. The molecule has 0 saturated heterocycles. The fourth-order valence-electron chi connectivity index (χ4n) is 3.51. The fourth-order valence-corrected chi connectivity index (χ4v) is 3.51. The molecule has 0 atom stereocenters. The number of fused-ring (bicyclic) bond motifs is 1. The molecule has 0 bridgehead atoms. The van der Waals surface area contributed by atoms with Crippen LogP contribution in [0.4, 0.5) is 22.0 Å². The van der Waals surface area contributed by atoms with Crippen LogP contribution in [0.25, 0.3) is 0 Å². The molecule has 0 aliphatic carbocycles. The molecule has 0 radical (unpaired) electrons. The summed E-state index contributed by atoms with van der Waals surface area (Å²) in [5.74, 6) is 0.841. The molecule has 142 valence electrons. The van der Waals surface area contributed by atoms with Crippen LogP contribution in [0.2, 0.25) is 0 Å². The zero-order chi connectivity index (χ0) is 19.5. The minimum Gasteiger partial charge on any atom is -0.349 e. The second kappa shape index (κ2) is 7.72. The first-order valence-corrected chi connectivity index (χ1v) is 9.51. The molecule has 2 heterocycles. The summed E-state index contributed by atoms with van der Waals surface area (Å²) in [6.45, 7) is 6.15. The average molecular weight is 372 g/mol. The van der Waals surface area contributed by atoms with Crippen LogP contribution in [0, 0.1) is 13.8 Å². The van der Waals surface area contributed by atoms with Crippen molar-refractivity contribution in [3.8, 4) is 0 Å². The molecular formula is C23H24N4O. The molecule has 5 heteroatoms. The van der Waals surface area contributed by atoms with Gasteiger partial charge < -0.3 is 10.2 Å². The van der Waals surface area contributed by atoms with E-state index in [4.69, 9.17) is 0 Å². The summed E-state index contributed by atoms with van der Waals surface area (Å²) in [6, 6.07) is 20.1. The predicted molar refractivity (Wildman–Crippen MR) is 114 cm³/mol. The Labute approximate surface area is 165 Å². The minimum absolute atomic E-state index is 0.123. The zero-order valence-corrected chi connectivity index (χ0v) is 16.2. The predicted octanol–water partition coefficient (Wildman–Crippen LogP) is 4.76. The smallest absolute Gasteiger partial charge is 0.326 e. The van der Waals surface area contributed by atoms with Gasteiger partial charge in [0.1, 0.15) is 0 Å². The highest BCUT2D eigenvalue weighted by Crippen LogP contribution is 2.32. The maximum absolute atomic E-state index is 13.0. The molecule has 1 aromatic heterocycles. The summed E-state index contributed by atoms with van der Waals surface area (Å²) in [4.78, 5) is 21.6. The largest absolute Gasteiger partial charge is 0.349 e. The highest BCUT2D eigenvalue weighted by molar-refractivity contribution is 6.04. The summed E-state index contributed by atoms with van der Waals surface area (Å²) in [5, 5.41) is 3.07. The van der Waals surface area contributed by atoms with Crippen LogP contribution >= 0.6 is 0 Å². The normalized spacial score (nSPS) is 13.2. The average Bonchev–Trinajstić information content (AvgIpc) is 2.71. The Kier molecular flexibility index (Phi) is 4.98. The standard InChI is InChI=1S/C23H24N4O/c1-17-10-11-18(2)20(15-17)25-23(28)27-14-13-26(16-19-7-4-3-5-8-19)22-21(27)9-6-12-24-22/h3-12,15H,13-14,16H2,1-2H3,(H,25,28). The first-order chi connectivity index (χ1) is 13.6. The van der Waals surface area contributed by atoms with Gasteiger partial charge in [0.25, 0.3) is 0 Å². The van der Waals surface area contributed by atoms with Crippen molar-refractivity contribution in [3.63, 3.8) is 0 Å². The van der Waals surface area contributed by atoms with Crippen LogP contribution in [0.1, 0.15) is 16.7 Å².